The van der Waals surface area contributed by atoms with Gasteiger partial charge in [-0.05, 0) is 0 Å². The van der Waals surface area contributed by atoms with Gasteiger partial charge in [-0.15, -0.1) is 0 Å². The van der Waals surface area contributed by atoms with E-state index < -0.39 is 0 Å². The first-order valence-electron chi connectivity index (χ1n) is 4.78. The topological polar surface area (TPSA) is 20.9 Å². The van der Waals surface area contributed by atoms with Gasteiger partial charge >= 0.3 is 0 Å². The number of aromatic nitrogens is 1. The van der Waals surface area contributed by atoms with Gasteiger partial charge in [0.2, 0.25) is 17.8 Å². The lowest BCUT2D eigenvalue weighted by Gasteiger charge is -1.96. The molecule has 0 aliphatic heterocycles. The molecule has 0 saturated heterocycles. The van der Waals surface area contributed by atoms with Gasteiger partial charge in [-0.25, -0.2) is 0 Å². The summed E-state index contributed by atoms with van der Waals surface area (Å²) in [6.07, 6.45) is 0. The summed E-state index contributed by atoms with van der Waals surface area (Å²) in [6, 6.07) is 9.39. The minimum absolute atomic E-state index is 0.155. The van der Waals surface area contributed by atoms with Crippen LogP contribution in [0.5, 0.6) is 0 Å². The van der Waals surface area contributed by atoms with Crippen LogP contribution in [0.3, 0.4) is 0 Å². The minimum Gasteiger partial charge on any atom is -0.287 e. The third kappa shape index (κ3) is 2.30. The Morgan fingerprint density at radius 2 is 2.07 bits per heavy atom. The van der Waals surface area contributed by atoms with Gasteiger partial charge in [0.05, 0.1) is 5.38 Å². The zero-order chi connectivity index (χ0) is 10.7. The van der Waals surface area contributed by atoms with Crippen molar-refractivity contribution in [1.29, 1.82) is 0 Å². The van der Waals surface area contributed by atoms with Crippen molar-refractivity contribution >= 4 is 17.1 Å². The van der Waals surface area contributed by atoms with E-state index in [1.807, 2.05) is 52.7 Å². The van der Waals surface area contributed by atoms with Gasteiger partial charge in [0.1, 0.15) is 0 Å². The lowest BCUT2D eigenvalue weighted by atomic mass is 10.1. The predicted octanol–water partition coefficient (Wildman–Crippen LogP) is 2.23. The van der Waals surface area contributed by atoms with Crippen molar-refractivity contribution in [2.24, 2.45) is 0 Å². The van der Waals surface area contributed by atoms with Crippen molar-refractivity contribution in [2.45, 2.75) is 13.5 Å². The zero-order valence-corrected chi connectivity index (χ0v) is 9.33. The predicted molar refractivity (Wildman–Crippen MR) is 60.0 cm³/mol. The number of hydrogen-bond acceptors (Lipinski definition) is 2. The Labute approximate surface area is 92.8 Å². The number of Topliss-reactive ketones (excluding diaryl/α,β-unsaturated/α-hetero) is 1. The van der Waals surface area contributed by atoms with Crippen molar-refractivity contribution in [3.63, 3.8) is 0 Å². The van der Waals surface area contributed by atoms with Crippen LogP contribution in [0.15, 0.2) is 41.2 Å². The number of benzene rings is 1. The molecule has 2 aromatic rings. The molecule has 15 heavy (non-hydrogen) atoms. The fraction of sp³-hybridized carbons (Fsp3) is 0.167. The molecule has 0 atom stereocenters. The molecule has 2 nitrogen and oxygen atoms in total. The fourth-order valence-electron chi connectivity index (χ4n) is 1.39. The quantitative estimate of drug-likeness (QED) is 0.571. The summed E-state index contributed by atoms with van der Waals surface area (Å²) >= 11 is 1.61. The van der Waals surface area contributed by atoms with Crippen molar-refractivity contribution in [1.82, 2.24) is 0 Å². The number of nitrogens with zero attached hydrogens (tertiary/aromatic N) is 1. The summed E-state index contributed by atoms with van der Waals surface area (Å²) in [5.74, 6) is 0.155. The van der Waals surface area contributed by atoms with Crippen LogP contribution in [0.4, 0.5) is 0 Å². The van der Waals surface area contributed by atoms with Gasteiger partial charge in [0, 0.05) is 12.5 Å². The number of hydrogen-bond donors (Lipinski definition) is 0. The van der Waals surface area contributed by atoms with Gasteiger partial charge in [-0.3, -0.25) is 4.79 Å². The molecule has 1 aromatic heterocycles. The van der Waals surface area contributed by atoms with Crippen LogP contribution < -0.4 is 4.57 Å². The Hall–Kier alpha value is -1.48. The highest BCUT2D eigenvalue weighted by Crippen LogP contribution is 2.02. The van der Waals surface area contributed by atoms with Crippen LogP contribution in [0, 0.1) is 6.92 Å². The van der Waals surface area contributed by atoms with E-state index in [0.717, 1.165) is 11.3 Å². The molecule has 1 heterocycles. The summed E-state index contributed by atoms with van der Waals surface area (Å²) in [7, 11) is 0. The monoisotopic (exact) mass is 218 g/mol. The number of rotatable bonds is 3. The average Bonchev–Trinajstić information content (AvgIpc) is 2.66. The molecule has 0 aliphatic carbocycles. The molecule has 1 aromatic carbocycles. The van der Waals surface area contributed by atoms with Crippen LogP contribution in [-0.4, -0.2) is 5.78 Å². The van der Waals surface area contributed by atoms with Crippen LogP contribution in [0.2, 0.25) is 0 Å². The molecule has 0 saturated carbocycles. The molecule has 2 rings (SSSR count). The van der Waals surface area contributed by atoms with Crippen LogP contribution >= 0.6 is 11.3 Å². The second-order valence-electron chi connectivity index (χ2n) is 3.42. The summed E-state index contributed by atoms with van der Waals surface area (Å²) in [5.41, 5.74) is 3.87. The van der Waals surface area contributed by atoms with Crippen molar-refractivity contribution in [3.05, 3.63) is 52.5 Å². The van der Waals surface area contributed by atoms with Crippen LogP contribution in [0.1, 0.15) is 16.1 Å². The highest BCUT2D eigenvalue weighted by atomic mass is 32.1. The molecule has 0 N–H and O–H groups in total. The first kappa shape index (κ1) is 10.1. The summed E-state index contributed by atoms with van der Waals surface area (Å²) < 4.78 is 1.97. The van der Waals surface area contributed by atoms with Gasteiger partial charge in [0.25, 0.3) is 0 Å². The lowest BCUT2D eigenvalue weighted by Crippen LogP contribution is -2.38. The van der Waals surface area contributed by atoms with E-state index in [0.29, 0.717) is 6.54 Å². The molecule has 0 spiro atoms. The largest absolute Gasteiger partial charge is 0.287 e. The van der Waals surface area contributed by atoms with Crippen molar-refractivity contribution < 1.29 is 9.36 Å². The zero-order valence-electron chi connectivity index (χ0n) is 8.51. The number of carbonyl (C=O) groups excluding carboxylic acids is 1. The second kappa shape index (κ2) is 4.36. The normalized spacial score (nSPS) is 10.2. The first-order valence-corrected chi connectivity index (χ1v) is 5.72. The third-order valence-electron chi connectivity index (χ3n) is 2.29. The number of aryl methyl sites for hydroxylation is 1. The lowest BCUT2D eigenvalue weighted by molar-refractivity contribution is -0.684. The van der Waals surface area contributed by atoms with E-state index in [9.17, 15) is 4.79 Å². The molecule has 0 radical (unpaired) electrons. The Balaban J connectivity index is 2.15. The van der Waals surface area contributed by atoms with Gasteiger partial charge in [0.15, 0.2) is 5.69 Å². The molecular weight excluding hydrogens is 206 g/mol. The Morgan fingerprint density at radius 3 is 2.67 bits per heavy atom. The van der Waals surface area contributed by atoms with E-state index >= 15 is 0 Å². The fourth-order valence-corrected chi connectivity index (χ4v) is 2.17. The summed E-state index contributed by atoms with van der Waals surface area (Å²) in [6.45, 7) is 2.44. The highest BCUT2D eigenvalue weighted by molar-refractivity contribution is 7.07. The maximum Gasteiger partial charge on any atom is 0.227 e. The highest BCUT2D eigenvalue weighted by Gasteiger charge is 2.14. The van der Waals surface area contributed by atoms with E-state index in [2.05, 4.69) is 0 Å². The number of ketones is 1. The Morgan fingerprint density at radius 1 is 1.33 bits per heavy atom. The first-order chi connectivity index (χ1) is 7.27. The molecule has 0 fully saturated rings. The van der Waals surface area contributed by atoms with Crippen LogP contribution in [-0.2, 0) is 6.54 Å². The maximum atomic E-state index is 11.8. The smallest absolute Gasteiger partial charge is 0.227 e. The van der Waals surface area contributed by atoms with Gasteiger partial charge in [-0.2, -0.15) is 4.57 Å². The Bertz CT molecular complexity index is 461. The van der Waals surface area contributed by atoms with Crippen molar-refractivity contribution in [2.75, 3.05) is 0 Å². The summed E-state index contributed by atoms with van der Waals surface area (Å²) in [4.78, 5) is 11.8. The molecule has 0 unspecified atom stereocenters. The Kier molecular flexibility index (Phi) is 2.92. The van der Waals surface area contributed by atoms with E-state index in [1.165, 1.54) is 0 Å². The standard InChI is InChI=1S/C12H12NOS/c1-10-8-15-9-13(10)7-12(14)11-5-3-2-4-6-11/h2-6,8-9H,7H2,1H3/q+1. The molecule has 0 aliphatic rings. The van der Waals surface area contributed by atoms with E-state index in [-0.39, 0.29) is 5.78 Å². The number of thiazole rings is 1. The minimum atomic E-state index is 0.155. The molecule has 3 heteroatoms. The molecule has 0 bridgehead atoms. The SMILES string of the molecule is Cc1csc[n+]1CC(=O)c1ccccc1. The molecular formula is C12H12NOS+. The molecule has 0 amide bonds. The van der Waals surface area contributed by atoms with Gasteiger partial charge in [-0.1, -0.05) is 41.7 Å². The van der Waals surface area contributed by atoms with E-state index in [4.69, 9.17) is 0 Å². The van der Waals surface area contributed by atoms with E-state index in [1.54, 1.807) is 11.3 Å². The third-order valence-corrected chi connectivity index (χ3v) is 3.14. The van der Waals surface area contributed by atoms with Crippen LogP contribution in [0.25, 0.3) is 0 Å². The van der Waals surface area contributed by atoms with Crippen molar-refractivity contribution in [3.8, 4) is 0 Å². The average molecular weight is 218 g/mol. The molecule has 76 valence electrons. The van der Waals surface area contributed by atoms with Gasteiger partial charge < -0.3 is 0 Å². The number of carbonyl (C=O) groups is 1. The summed E-state index contributed by atoms with van der Waals surface area (Å²) in [5, 5.41) is 2.04. The second-order valence-corrected chi connectivity index (χ2v) is 4.14. The maximum absolute atomic E-state index is 11.8.